The zero-order chi connectivity index (χ0) is 31.1. The largest absolute Gasteiger partial charge is 0.487 e. The summed E-state index contributed by atoms with van der Waals surface area (Å²) >= 11 is 8.06. The van der Waals surface area contributed by atoms with Gasteiger partial charge in [0, 0.05) is 29.4 Å². The highest BCUT2D eigenvalue weighted by atomic mass is 35.5. The second kappa shape index (κ2) is 14.4. The number of rotatable bonds is 14. The van der Waals surface area contributed by atoms with E-state index in [1.807, 2.05) is 17.5 Å². The Hall–Kier alpha value is -3.71. The van der Waals surface area contributed by atoms with Gasteiger partial charge in [0.15, 0.2) is 9.84 Å². The molecule has 0 spiro atoms. The van der Waals surface area contributed by atoms with Crippen molar-refractivity contribution in [2.45, 2.75) is 38.5 Å². The van der Waals surface area contributed by atoms with Crippen molar-refractivity contribution in [1.82, 2.24) is 25.3 Å². The summed E-state index contributed by atoms with van der Waals surface area (Å²) in [7, 11) is -3.03. The number of aryl methyl sites for hydroxylation is 1. The normalized spacial score (nSPS) is 11.8. The van der Waals surface area contributed by atoms with Crippen molar-refractivity contribution in [3.05, 3.63) is 87.8 Å². The number of thiazole rings is 1. The molecule has 9 nitrogen and oxygen atoms in total. The Balaban J connectivity index is 1.21. The highest BCUT2D eigenvalue weighted by molar-refractivity contribution is 7.92. The molecule has 44 heavy (non-hydrogen) atoms. The van der Waals surface area contributed by atoms with Crippen molar-refractivity contribution < 1.29 is 17.5 Å². The van der Waals surface area contributed by atoms with Gasteiger partial charge in [-0.05, 0) is 68.8 Å². The Kier molecular flexibility index (Phi) is 10.4. The molecule has 0 saturated carbocycles. The first-order valence-corrected chi connectivity index (χ1v) is 17.1. The van der Waals surface area contributed by atoms with Crippen molar-refractivity contribution in [3.63, 3.8) is 0 Å². The van der Waals surface area contributed by atoms with E-state index in [0.717, 1.165) is 28.9 Å². The fraction of sp³-hybridized carbons (Fsp3) is 0.290. The van der Waals surface area contributed by atoms with Crippen LogP contribution in [0.1, 0.15) is 30.8 Å². The van der Waals surface area contributed by atoms with Crippen molar-refractivity contribution in [2.75, 3.05) is 24.2 Å². The molecular weight excluding hydrogens is 623 g/mol. The quantitative estimate of drug-likeness (QED) is 0.128. The van der Waals surface area contributed by atoms with Gasteiger partial charge in [0.2, 0.25) is 0 Å². The molecular formula is C31H32ClFN6O3S2. The predicted octanol–water partition coefficient (Wildman–Crippen LogP) is 6.61. The summed E-state index contributed by atoms with van der Waals surface area (Å²) in [4.78, 5) is 18.1. The Labute approximate surface area is 264 Å². The Morgan fingerprint density at radius 3 is 2.70 bits per heavy atom. The monoisotopic (exact) mass is 654 g/mol. The number of anilines is 2. The lowest BCUT2D eigenvalue weighted by atomic mass is 10.2. The number of nitrogens with zero attached hydrogens (tertiary/aromatic N) is 4. The minimum atomic E-state index is -3.03. The molecule has 0 radical (unpaired) electrons. The maximum Gasteiger partial charge on any atom is 0.153 e. The van der Waals surface area contributed by atoms with Crippen molar-refractivity contribution >= 4 is 55.2 Å². The zero-order valence-electron chi connectivity index (χ0n) is 24.3. The molecule has 3 heterocycles. The van der Waals surface area contributed by atoms with Crippen molar-refractivity contribution in [3.8, 4) is 17.1 Å². The fourth-order valence-electron chi connectivity index (χ4n) is 4.30. The van der Waals surface area contributed by atoms with Crippen LogP contribution in [0.5, 0.6) is 5.75 Å². The molecule has 0 fully saturated rings. The first-order chi connectivity index (χ1) is 21.2. The van der Waals surface area contributed by atoms with E-state index in [-0.39, 0.29) is 23.4 Å². The van der Waals surface area contributed by atoms with Crippen LogP contribution in [-0.4, -0.2) is 52.4 Å². The maximum absolute atomic E-state index is 13.5. The summed E-state index contributed by atoms with van der Waals surface area (Å²) in [6.07, 6.45) is 4.79. The average molecular weight is 655 g/mol. The number of fused-ring (bicyclic) bond motifs is 1. The molecule has 230 valence electrons. The van der Waals surface area contributed by atoms with Crippen LogP contribution in [0.2, 0.25) is 5.02 Å². The molecule has 2 aromatic carbocycles. The van der Waals surface area contributed by atoms with Crippen LogP contribution in [0.4, 0.5) is 15.9 Å². The number of ether oxygens (including phenoxy) is 1. The number of sulfone groups is 1. The molecule has 0 saturated heterocycles. The molecule has 0 aliphatic carbocycles. The number of halogens is 2. The predicted molar refractivity (Wildman–Crippen MR) is 174 cm³/mol. The molecule has 0 aliphatic heterocycles. The number of hydrogen-bond donors (Lipinski definition) is 2. The lowest BCUT2D eigenvalue weighted by molar-refractivity contribution is 0.306. The Morgan fingerprint density at radius 1 is 1.05 bits per heavy atom. The number of pyridine rings is 1. The zero-order valence-corrected chi connectivity index (χ0v) is 26.6. The first-order valence-electron chi connectivity index (χ1n) is 14.1. The van der Waals surface area contributed by atoms with E-state index in [9.17, 15) is 12.8 Å². The third-order valence-electron chi connectivity index (χ3n) is 6.84. The second-order valence-corrected chi connectivity index (χ2v) is 14.4. The molecule has 2 N–H and O–H groups in total. The van der Waals surface area contributed by atoms with Gasteiger partial charge >= 0.3 is 0 Å². The van der Waals surface area contributed by atoms with Crippen molar-refractivity contribution in [2.24, 2.45) is 0 Å². The van der Waals surface area contributed by atoms with Gasteiger partial charge in [-0.1, -0.05) is 23.7 Å². The molecule has 0 unspecified atom stereocenters. The van der Waals surface area contributed by atoms with E-state index in [2.05, 4.69) is 25.6 Å². The topological polar surface area (TPSA) is 119 Å². The molecule has 0 bridgehead atoms. The second-order valence-electron chi connectivity index (χ2n) is 10.4. The lowest BCUT2D eigenvalue weighted by Crippen LogP contribution is -2.28. The van der Waals surface area contributed by atoms with Crippen molar-refractivity contribution in [1.29, 1.82) is 0 Å². The van der Waals surface area contributed by atoms with Gasteiger partial charge in [-0.15, -0.1) is 11.3 Å². The van der Waals surface area contributed by atoms with E-state index < -0.39 is 9.84 Å². The molecule has 3 aromatic heterocycles. The first kappa shape index (κ1) is 31.7. The third-order valence-corrected chi connectivity index (χ3v) is 10.3. The van der Waals surface area contributed by atoms with Crippen LogP contribution >= 0.6 is 22.9 Å². The van der Waals surface area contributed by atoms with Gasteiger partial charge in [-0.3, -0.25) is 4.98 Å². The maximum atomic E-state index is 13.5. The highest BCUT2D eigenvalue weighted by Crippen LogP contribution is 2.32. The van der Waals surface area contributed by atoms with Crippen LogP contribution in [0.15, 0.2) is 66.4 Å². The van der Waals surface area contributed by atoms with Crippen LogP contribution < -0.4 is 15.4 Å². The molecule has 13 heteroatoms. The molecule has 5 rings (SSSR count). The van der Waals surface area contributed by atoms with Gasteiger partial charge in [0.25, 0.3) is 0 Å². The van der Waals surface area contributed by atoms with Gasteiger partial charge in [-0.25, -0.2) is 27.8 Å². The van der Waals surface area contributed by atoms with E-state index in [1.165, 1.54) is 18.5 Å². The average Bonchev–Trinajstić information content (AvgIpc) is 3.47. The SMILES string of the molecule is CC(C)S(=O)(=O)CCNCCCc1nc(-c2cc3c(Nc4ccc(OCc5cccc(F)c5)c(Cl)c4)ncnc3cn2)cs1. The number of hydrogen-bond acceptors (Lipinski definition) is 10. The summed E-state index contributed by atoms with van der Waals surface area (Å²) in [5.74, 6) is 0.894. The molecule has 0 aliphatic rings. The van der Waals surface area contributed by atoms with Gasteiger partial charge in [-0.2, -0.15) is 0 Å². The van der Waals surface area contributed by atoms with E-state index in [4.69, 9.17) is 21.3 Å². The Bertz CT molecular complexity index is 1850. The minimum Gasteiger partial charge on any atom is -0.487 e. The van der Waals surface area contributed by atoms with Gasteiger partial charge in [0.05, 0.1) is 44.1 Å². The van der Waals surface area contributed by atoms with Crippen LogP contribution in [0, 0.1) is 5.82 Å². The van der Waals surface area contributed by atoms with Crippen LogP contribution in [0.25, 0.3) is 22.3 Å². The summed E-state index contributed by atoms with van der Waals surface area (Å²) in [6.45, 7) is 4.76. The third kappa shape index (κ3) is 8.26. The highest BCUT2D eigenvalue weighted by Gasteiger charge is 2.15. The summed E-state index contributed by atoms with van der Waals surface area (Å²) in [6, 6.07) is 13.5. The molecule has 0 atom stereocenters. The fourth-order valence-corrected chi connectivity index (χ4v) is 6.27. The van der Waals surface area contributed by atoms with Gasteiger partial charge < -0.3 is 15.4 Å². The summed E-state index contributed by atoms with van der Waals surface area (Å²) in [5, 5.41) is 10.3. The molecule has 0 amide bonds. The van der Waals surface area contributed by atoms with E-state index in [1.54, 1.807) is 55.6 Å². The Morgan fingerprint density at radius 2 is 1.91 bits per heavy atom. The minimum absolute atomic E-state index is 0.144. The lowest BCUT2D eigenvalue weighted by Gasteiger charge is -2.12. The van der Waals surface area contributed by atoms with E-state index in [0.29, 0.717) is 52.1 Å². The van der Waals surface area contributed by atoms with Crippen LogP contribution in [-0.2, 0) is 22.9 Å². The number of nitrogens with one attached hydrogen (secondary N) is 2. The number of benzene rings is 2. The standard InChI is InChI=1S/C31H32ClFN6O3S2/c1-20(2)44(40,41)12-11-34-10-4-7-30-39-28(18-43-30)26-15-24-27(16-35-26)36-19-37-31(24)38-23-8-9-29(25(32)14-23)42-17-21-5-3-6-22(33)13-21/h3,5-6,8-9,13-16,18-20,34H,4,7,10-12,17H2,1-2H3,(H,36,37,38). The molecule has 5 aromatic rings. The summed E-state index contributed by atoms with van der Waals surface area (Å²) < 4.78 is 43.1. The smallest absolute Gasteiger partial charge is 0.153 e. The van der Waals surface area contributed by atoms with E-state index >= 15 is 0 Å². The van der Waals surface area contributed by atoms with Gasteiger partial charge in [0.1, 0.15) is 30.3 Å². The number of aromatic nitrogens is 4. The van der Waals surface area contributed by atoms with Crippen LogP contribution in [0.3, 0.4) is 0 Å². The summed E-state index contributed by atoms with van der Waals surface area (Å²) in [5.41, 5.74) is 3.55.